The van der Waals surface area contributed by atoms with Crippen LogP contribution < -0.4 is 10.6 Å². The minimum absolute atomic E-state index is 0.317. The van der Waals surface area contributed by atoms with Crippen molar-refractivity contribution in [3.8, 4) is 0 Å². The van der Waals surface area contributed by atoms with Gasteiger partial charge in [0.15, 0.2) is 0 Å². The molecule has 2 N–H and O–H groups in total. The molecule has 16 heavy (non-hydrogen) atoms. The number of ether oxygens (including phenoxy) is 1. The van der Waals surface area contributed by atoms with E-state index in [1.807, 2.05) is 6.92 Å². The van der Waals surface area contributed by atoms with Gasteiger partial charge in [-0.15, -0.1) is 0 Å². The molecule has 1 aliphatic carbocycles. The van der Waals surface area contributed by atoms with Gasteiger partial charge in [-0.1, -0.05) is 13.3 Å². The smallest absolute Gasteiger partial charge is 0.407 e. The summed E-state index contributed by atoms with van der Waals surface area (Å²) in [6, 6.07) is 0.647. The number of carbonyl (C=O) groups excluding carboxylic acids is 1. The van der Waals surface area contributed by atoms with E-state index in [9.17, 15) is 4.79 Å². The van der Waals surface area contributed by atoms with E-state index in [0.29, 0.717) is 19.2 Å². The highest BCUT2D eigenvalue weighted by atomic mass is 16.5. The SMILES string of the molecule is CCCC(NCCNC(=O)OCC)C1CC1. The van der Waals surface area contributed by atoms with Crippen LogP contribution in [0.1, 0.15) is 39.5 Å². The molecule has 0 saturated heterocycles. The Morgan fingerprint density at radius 2 is 2.12 bits per heavy atom. The Balaban J connectivity index is 2.01. The van der Waals surface area contributed by atoms with Crippen molar-refractivity contribution in [2.24, 2.45) is 5.92 Å². The second-order valence-corrected chi connectivity index (χ2v) is 4.33. The van der Waals surface area contributed by atoms with Gasteiger partial charge >= 0.3 is 6.09 Å². The van der Waals surface area contributed by atoms with Gasteiger partial charge in [0.05, 0.1) is 6.61 Å². The zero-order valence-corrected chi connectivity index (χ0v) is 10.4. The van der Waals surface area contributed by atoms with Gasteiger partial charge in [0.1, 0.15) is 0 Å². The van der Waals surface area contributed by atoms with E-state index in [4.69, 9.17) is 4.74 Å². The highest BCUT2D eigenvalue weighted by molar-refractivity contribution is 5.66. The Kier molecular flexibility index (Phi) is 6.23. The average molecular weight is 228 g/mol. The second-order valence-electron chi connectivity index (χ2n) is 4.33. The van der Waals surface area contributed by atoms with Crippen LogP contribution >= 0.6 is 0 Å². The predicted molar refractivity (Wildman–Crippen MR) is 64.4 cm³/mol. The molecule has 1 atom stereocenters. The molecular formula is C12H24N2O2. The number of amides is 1. The molecule has 0 aromatic heterocycles. The Hall–Kier alpha value is -0.770. The molecule has 4 nitrogen and oxygen atoms in total. The zero-order chi connectivity index (χ0) is 11.8. The highest BCUT2D eigenvalue weighted by Crippen LogP contribution is 2.34. The average Bonchev–Trinajstić information content (AvgIpc) is 3.07. The van der Waals surface area contributed by atoms with Crippen molar-refractivity contribution in [1.29, 1.82) is 0 Å². The van der Waals surface area contributed by atoms with Gasteiger partial charge in [-0.05, 0) is 32.1 Å². The first-order valence-electron chi connectivity index (χ1n) is 6.41. The molecule has 1 rings (SSSR count). The number of hydrogen-bond acceptors (Lipinski definition) is 3. The Bertz CT molecular complexity index is 205. The summed E-state index contributed by atoms with van der Waals surface area (Å²) < 4.78 is 4.78. The Morgan fingerprint density at radius 3 is 2.69 bits per heavy atom. The van der Waals surface area contributed by atoms with Crippen molar-refractivity contribution in [1.82, 2.24) is 10.6 Å². The third kappa shape index (κ3) is 5.35. The molecular weight excluding hydrogens is 204 g/mol. The quantitative estimate of drug-likeness (QED) is 0.624. The van der Waals surface area contributed by atoms with Gasteiger partial charge in [0, 0.05) is 19.1 Å². The molecule has 0 aliphatic heterocycles. The van der Waals surface area contributed by atoms with Crippen molar-refractivity contribution in [2.45, 2.75) is 45.6 Å². The number of nitrogens with one attached hydrogen (secondary N) is 2. The summed E-state index contributed by atoms with van der Waals surface area (Å²) in [4.78, 5) is 11.0. The summed E-state index contributed by atoms with van der Waals surface area (Å²) in [6.07, 6.45) is 4.87. The van der Waals surface area contributed by atoms with Crippen LogP contribution in [0.4, 0.5) is 4.79 Å². The molecule has 0 heterocycles. The lowest BCUT2D eigenvalue weighted by Crippen LogP contribution is -2.38. The van der Waals surface area contributed by atoms with Gasteiger partial charge in [-0.25, -0.2) is 4.79 Å². The summed E-state index contributed by atoms with van der Waals surface area (Å²) in [7, 11) is 0. The lowest BCUT2D eigenvalue weighted by atomic mass is 10.1. The molecule has 0 aromatic carbocycles. The minimum Gasteiger partial charge on any atom is -0.450 e. The third-order valence-corrected chi connectivity index (χ3v) is 2.87. The highest BCUT2D eigenvalue weighted by Gasteiger charge is 2.29. The van der Waals surface area contributed by atoms with E-state index in [2.05, 4.69) is 17.6 Å². The fraction of sp³-hybridized carbons (Fsp3) is 0.917. The van der Waals surface area contributed by atoms with Crippen LogP contribution in [0.2, 0.25) is 0 Å². The van der Waals surface area contributed by atoms with Crippen LogP contribution in [0.25, 0.3) is 0 Å². The third-order valence-electron chi connectivity index (χ3n) is 2.87. The summed E-state index contributed by atoms with van der Waals surface area (Å²) in [5.74, 6) is 0.877. The molecule has 1 aliphatic rings. The second kappa shape index (κ2) is 7.49. The van der Waals surface area contributed by atoms with Gasteiger partial charge in [0.25, 0.3) is 0 Å². The Morgan fingerprint density at radius 1 is 1.38 bits per heavy atom. The van der Waals surface area contributed by atoms with Crippen molar-refractivity contribution < 1.29 is 9.53 Å². The van der Waals surface area contributed by atoms with E-state index in [-0.39, 0.29) is 6.09 Å². The van der Waals surface area contributed by atoms with Crippen LogP contribution in [0.3, 0.4) is 0 Å². The van der Waals surface area contributed by atoms with E-state index < -0.39 is 0 Å². The fourth-order valence-corrected chi connectivity index (χ4v) is 1.92. The number of hydrogen-bond donors (Lipinski definition) is 2. The Labute approximate surface area is 98.1 Å². The molecule has 1 fully saturated rings. The van der Waals surface area contributed by atoms with Crippen LogP contribution in [-0.4, -0.2) is 31.8 Å². The maximum atomic E-state index is 11.0. The van der Waals surface area contributed by atoms with Crippen LogP contribution in [-0.2, 0) is 4.74 Å². The maximum Gasteiger partial charge on any atom is 0.407 e. The lowest BCUT2D eigenvalue weighted by molar-refractivity contribution is 0.152. The van der Waals surface area contributed by atoms with Crippen LogP contribution in [0.5, 0.6) is 0 Å². The van der Waals surface area contributed by atoms with Crippen molar-refractivity contribution in [3.63, 3.8) is 0 Å². The zero-order valence-electron chi connectivity index (χ0n) is 10.4. The monoisotopic (exact) mass is 228 g/mol. The molecule has 1 unspecified atom stereocenters. The van der Waals surface area contributed by atoms with E-state index in [1.54, 1.807) is 0 Å². The first-order valence-corrected chi connectivity index (χ1v) is 6.41. The van der Waals surface area contributed by atoms with Crippen molar-refractivity contribution >= 4 is 6.09 Å². The molecule has 1 saturated carbocycles. The van der Waals surface area contributed by atoms with Gasteiger partial charge < -0.3 is 15.4 Å². The molecule has 0 bridgehead atoms. The van der Waals surface area contributed by atoms with Crippen LogP contribution in [0, 0.1) is 5.92 Å². The molecule has 1 amide bonds. The van der Waals surface area contributed by atoms with E-state index >= 15 is 0 Å². The summed E-state index contributed by atoms with van der Waals surface area (Å²) >= 11 is 0. The van der Waals surface area contributed by atoms with Gasteiger partial charge in [-0.3, -0.25) is 0 Å². The summed E-state index contributed by atoms with van der Waals surface area (Å²) in [5, 5.41) is 6.23. The van der Waals surface area contributed by atoms with Gasteiger partial charge in [0.2, 0.25) is 0 Å². The maximum absolute atomic E-state index is 11.0. The number of rotatable bonds is 8. The molecule has 94 valence electrons. The standard InChI is InChI=1S/C12H24N2O2/c1-3-5-11(10-6-7-10)13-8-9-14-12(15)16-4-2/h10-11,13H,3-9H2,1-2H3,(H,14,15). The normalized spacial score (nSPS) is 16.9. The first-order chi connectivity index (χ1) is 7.77. The molecule has 0 spiro atoms. The van der Waals surface area contributed by atoms with Crippen molar-refractivity contribution in [3.05, 3.63) is 0 Å². The van der Waals surface area contributed by atoms with E-state index in [0.717, 1.165) is 12.5 Å². The molecule has 0 radical (unpaired) electrons. The van der Waals surface area contributed by atoms with Crippen molar-refractivity contribution in [2.75, 3.05) is 19.7 Å². The molecule has 0 aromatic rings. The molecule has 4 heteroatoms. The summed E-state index contributed by atoms with van der Waals surface area (Å²) in [6.45, 7) is 5.93. The lowest BCUT2D eigenvalue weighted by Gasteiger charge is -2.17. The number of carbonyl (C=O) groups is 1. The summed E-state index contributed by atoms with van der Waals surface area (Å²) in [5.41, 5.74) is 0. The minimum atomic E-state index is -0.317. The fourth-order valence-electron chi connectivity index (χ4n) is 1.92. The largest absolute Gasteiger partial charge is 0.450 e. The predicted octanol–water partition coefficient (Wildman–Crippen LogP) is 1.90. The first kappa shape index (κ1) is 13.3. The van der Waals surface area contributed by atoms with E-state index in [1.165, 1.54) is 25.7 Å². The number of alkyl carbamates (subject to hydrolysis) is 1. The van der Waals surface area contributed by atoms with Gasteiger partial charge in [-0.2, -0.15) is 0 Å². The topological polar surface area (TPSA) is 50.4 Å². The van der Waals surface area contributed by atoms with Crippen LogP contribution in [0.15, 0.2) is 0 Å².